The van der Waals surface area contributed by atoms with Gasteiger partial charge < -0.3 is 5.11 Å². The smallest absolute Gasteiger partial charge is 0.148 e. The summed E-state index contributed by atoms with van der Waals surface area (Å²) in [5.74, 6) is 1.01. The molecule has 0 aliphatic heterocycles. The van der Waals surface area contributed by atoms with Crippen molar-refractivity contribution in [3.05, 3.63) is 192 Å². The number of benzene rings is 7. The number of para-hydroxylation sites is 1. The summed E-state index contributed by atoms with van der Waals surface area (Å²) >= 11 is 0. The van der Waals surface area contributed by atoms with Gasteiger partial charge in [0.05, 0.1) is 22.3 Å². The largest absolute Gasteiger partial charge is 0.507 e. The summed E-state index contributed by atoms with van der Waals surface area (Å²) in [6, 6.07) is 54.5. The number of aromatic hydroxyl groups is 1. The molecular weight excluding hydrogens is 998 g/mol. The maximum atomic E-state index is 12.4. The molecule has 0 spiro atoms. The Hall–Kier alpha value is -6.35. The molecule has 4 nitrogen and oxygen atoms in total. The number of pyridine rings is 1. The van der Waals surface area contributed by atoms with Crippen LogP contribution in [0, 0.1) is 6.07 Å². The summed E-state index contributed by atoms with van der Waals surface area (Å²) in [6.07, 6.45) is 1.66. The molecule has 0 radical (unpaired) electrons. The molecular formula is C62H60N3OPt-. The molecule has 0 aliphatic carbocycles. The number of hydrogen-bond donors (Lipinski definition) is 1. The summed E-state index contributed by atoms with van der Waals surface area (Å²) in [7, 11) is 0. The second-order valence-electron chi connectivity index (χ2n) is 18.9. The number of hydrogen-bond acceptors (Lipinski definition) is 3. The van der Waals surface area contributed by atoms with Gasteiger partial charge in [0.15, 0.2) is 0 Å². The van der Waals surface area contributed by atoms with Crippen molar-refractivity contribution in [2.75, 3.05) is 0 Å². The Morgan fingerprint density at radius 2 is 1.21 bits per heavy atom. The van der Waals surface area contributed by atoms with Crippen molar-refractivity contribution >= 4 is 11.0 Å². The number of nitrogens with zero attached hydrogens (tertiary/aromatic N) is 3. The van der Waals surface area contributed by atoms with Crippen LogP contribution in [0.3, 0.4) is 0 Å². The van der Waals surface area contributed by atoms with E-state index in [9.17, 15) is 5.11 Å². The molecule has 0 unspecified atom stereocenters. The summed E-state index contributed by atoms with van der Waals surface area (Å²) < 4.78 is 76.2. The molecule has 9 rings (SSSR count). The van der Waals surface area contributed by atoms with Crippen LogP contribution in [-0.4, -0.2) is 19.6 Å². The van der Waals surface area contributed by atoms with Gasteiger partial charge in [0.1, 0.15) is 11.6 Å². The Morgan fingerprint density at radius 3 is 1.85 bits per heavy atom. The topological polar surface area (TPSA) is 50.9 Å². The predicted octanol–water partition coefficient (Wildman–Crippen LogP) is 16.8. The SMILES string of the molecule is [2H]C([2H])([2H])C(c1ccc(-c2ccnc(-c3[c-]c(-c4cccc5c4nc(-c4cc(C(C)C)cc(C(C)C)c4O)n5-c4ccc(-c5ccccc5)cc4C(C)(C)C)cc(-c4ccccc4)c3)c2)cc1)(C([2H])([2H])[2H])C([2H])([2H])[2H].[Pt]. The molecule has 0 atom stereocenters. The quantitative estimate of drug-likeness (QED) is 0.147. The van der Waals surface area contributed by atoms with Crippen LogP contribution in [0.1, 0.15) is 115 Å². The molecule has 2 heterocycles. The van der Waals surface area contributed by atoms with Crippen LogP contribution in [0.15, 0.2) is 164 Å². The van der Waals surface area contributed by atoms with Gasteiger partial charge >= 0.3 is 0 Å². The molecule has 0 saturated carbocycles. The summed E-state index contributed by atoms with van der Waals surface area (Å²) in [5, 5.41) is 12.4. The molecule has 0 bridgehead atoms. The first-order valence-electron chi connectivity index (χ1n) is 27.1. The fourth-order valence-corrected chi connectivity index (χ4v) is 8.83. The fourth-order valence-electron chi connectivity index (χ4n) is 8.83. The van der Waals surface area contributed by atoms with Crippen LogP contribution in [0.2, 0.25) is 0 Å². The van der Waals surface area contributed by atoms with Gasteiger partial charge in [0.25, 0.3) is 0 Å². The predicted molar refractivity (Wildman–Crippen MR) is 278 cm³/mol. The normalized spacial score (nSPS) is 14.5. The van der Waals surface area contributed by atoms with E-state index in [-0.39, 0.29) is 49.6 Å². The van der Waals surface area contributed by atoms with Crippen molar-refractivity contribution in [3.63, 3.8) is 0 Å². The molecule has 5 heteroatoms. The Kier molecular flexibility index (Phi) is 10.3. The van der Waals surface area contributed by atoms with E-state index >= 15 is 0 Å². The number of imidazole rings is 1. The van der Waals surface area contributed by atoms with Crippen LogP contribution in [-0.2, 0) is 31.9 Å². The first-order chi connectivity index (χ1) is 35.3. The average molecular weight is 1070 g/mol. The molecule has 340 valence electrons. The molecule has 67 heavy (non-hydrogen) atoms. The third-order valence-corrected chi connectivity index (χ3v) is 12.5. The minimum atomic E-state index is -3.38. The second-order valence-corrected chi connectivity index (χ2v) is 18.9. The van der Waals surface area contributed by atoms with Gasteiger partial charge in [0, 0.05) is 45.3 Å². The molecule has 0 aliphatic rings. The van der Waals surface area contributed by atoms with Crippen LogP contribution < -0.4 is 0 Å². The molecule has 1 N–H and O–H groups in total. The molecule has 0 fully saturated rings. The number of rotatable bonds is 9. The zero-order valence-electron chi connectivity index (χ0n) is 47.8. The standard InChI is InChI=1S/C62H60N3O.Pt/c1-39(2)46-35-52(40(3)4)59(66)53(36-46)60-64-58-51(22-17-23-57(58)65(60)56-29-26-44(37-54(56)62(8,9)10)41-18-13-11-14-19-41)48-32-47(42-20-15-12-16-21-42)33-49(34-48)55-38-45(30-31-63-55)43-24-27-50(28-25-43)61(5,6)7;/h11-33,35-40,66H,1-10H3;/q-1;/i5D3,6D3,7D3;. The van der Waals surface area contributed by atoms with Gasteiger partial charge in [-0.05, 0) is 103 Å². The van der Waals surface area contributed by atoms with Crippen LogP contribution in [0.5, 0.6) is 5.75 Å². The van der Waals surface area contributed by atoms with Gasteiger partial charge in [-0.15, -0.1) is 23.8 Å². The first-order valence-corrected chi connectivity index (χ1v) is 22.6. The Balaban J connectivity index is 0.00000765. The Labute approximate surface area is 424 Å². The van der Waals surface area contributed by atoms with Gasteiger partial charge in [-0.1, -0.05) is 201 Å². The third-order valence-electron chi connectivity index (χ3n) is 12.5. The summed E-state index contributed by atoms with van der Waals surface area (Å²) in [5.41, 5.74) is 10.5. The van der Waals surface area contributed by atoms with Crippen molar-refractivity contribution in [3.8, 4) is 78.6 Å². The molecule has 0 saturated heterocycles. The van der Waals surface area contributed by atoms with E-state index in [1.165, 1.54) is 12.1 Å². The molecule has 9 aromatic rings. The zero-order valence-corrected chi connectivity index (χ0v) is 41.1. The van der Waals surface area contributed by atoms with Crippen molar-refractivity contribution in [2.24, 2.45) is 0 Å². The number of aromatic nitrogens is 3. The van der Waals surface area contributed by atoms with Crippen molar-refractivity contribution in [1.82, 2.24) is 14.5 Å². The maximum Gasteiger partial charge on any atom is 0.148 e. The van der Waals surface area contributed by atoms with E-state index in [4.69, 9.17) is 22.3 Å². The number of phenolic OH excluding ortho intramolecular Hbond substituents is 1. The van der Waals surface area contributed by atoms with E-state index < -0.39 is 26.0 Å². The summed E-state index contributed by atoms with van der Waals surface area (Å²) in [4.78, 5) is 10.4. The zero-order chi connectivity index (χ0) is 54.0. The van der Waals surface area contributed by atoms with Crippen LogP contribution >= 0.6 is 0 Å². The van der Waals surface area contributed by atoms with E-state index in [0.29, 0.717) is 39.3 Å². The van der Waals surface area contributed by atoms with E-state index in [1.807, 2.05) is 72.8 Å². The average Bonchev–Trinajstić information content (AvgIpc) is 3.75. The monoisotopic (exact) mass is 1070 g/mol. The van der Waals surface area contributed by atoms with Gasteiger partial charge in [0.2, 0.25) is 0 Å². The maximum absolute atomic E-state index is 12.4. The molecule has 0 amide bonds. The second kappa shape index (κ2) is 18.7. The number of fused-ring (bicyclic) bond motifs is 1. The van der Waals surface area contributed by atoms with Crippen molar-refractivity contribution < 1.29 is 38.5 Å². The first kappa shape index (κ1) is 36.7. The minimum absolute atomic E-state index is 0. The molecule has 2 aromatic heterocycles. The fraction of sp³-hybridized carbons (Fsp3) is 0.226. The van der Waals surface area contributed by atoms with Gasteiger partial charge in [-0.25, -0.2) is 4.98 Å². The van der Waals surface area contributed by atoms with E-state index in [1.54, 1.807) is 24.4 Å². The molecule has 7 aromatic carbocycles. The van der Waals surface area contributed by atoms with E-state index in [0.717, 1.165) is 61.3 Å². The van der Waals surface area contributed by atoms with Gasteiger partial charge in [-0.2, -0.15) is 0 Å². The van der Waals surface area contributed by atoms with Crippen LogP contribution in [0.4, 0.5) is 0 Å². The minimum Gasteiger partial charge on any atom is -0.507 e. The summed E-state index contributed by atoms with van der Waals surface area (Å²) in [6.45, 7) is 5.02. The van der Waals surface area contributed by atoms with Crippen LogP contribution in [0.25, 0.3) is 83.9 Å². The Morgan fingerprint density at radius 1 is 0.582 bits per heavy atom. The van der Waals surface area contributed by atoms with Crippen molar-refractivity contribution in [1.29, 1.82) is 0 Å². The van der Waals surface area contributed by atoms with E-state index in [2.05, 4.69) is 114 Å². The third kappa shape index (κ3) is 9.47. The van der Waals surface area contributed by atoms with Crippen molar-refractivity contribution in [2.45, 2.75) is 91.7 Å². The number of phenols is 1. The van der Waals surface area contributed by atoms with Gasteiger partial charge in [-0.3, -0.25) is 9.55 Å². The Bertz CT molecular complexity index is 3520.